The van der Waals surface area contributed by atoms with Crippen LogP contribution >= 0.6 is 23.8 Å². The second-order valence-electron chi connectivity index (χ2n) is 7.84. The first kappa shape index (κ1) is 19.9. The molecule has 1 fully saturated rings. The molecule has 1 aliphatic rings. The van der Waals surface area contributed by atoms with E-state index >= 15 is 0 Å². The van der Waals surface area contributed by atoms with Crippen LogP contribution in [0.15, 0.2) is 59.1 Å². The number of nitrogens with zero attached hydrogens (tertiary/aromatic N) is 2. The fraction of sp³-hybridized carbons (Fsp3) is 0.304. The van der Waals surface area contributed by atoms with Crippen molar-refractivity contribution < 1.29 is 4.42 Å². The van der Waals surface area contributed by atoms with Gasteiger partial charge >= 0.3 is 0 Å². The molecule has 0 bridgehead atoms. The Balaban J connectivity index is 1.73. The number of thiocarbonyl (C=S) groups is 1. The molecule has 4 nitrogen and oxygen atoms in total. The second-order valence-corrected chi connectivity index (χ2v) is 8.63. The molecule has 29 heavy (non-hydrogen) atoms. The quantitative estimate of drug-likeness (QED) is 0.513. The number of nitrogens with one attached hydrogen (secondary N) is 1. The number of halogens is 1. The Bertz CT molecular complexity index is 1020. The SMILES string of the molecule is Cc1ccc(-c2ccc([C@H]3[C@@H](c4ccccn4)NC(=S)N3CC(C)C)o2)cc1Cl. The number of hydrogen-bond donors (Lipinski definition) is 1. The fourth-order valence-electron chi connectivity index (χ4n) is 3.72. The number of rotatable bonds is 5. The highest BCUT2D eigenvalue weighted by Crippen LogP contribution is 2.41. The molecular weight excluding hydrogens is 402 g/mol. The molecular formula is C23H24ClN3OS. The summed E-state index contributed by atoms with van der Waals surface area (Å²) in [7, 11) is 0. The van der Waals surface area contributed by atoms with Crippen molar-refractivity contribution in [2.75, 3.05) is 6.54 Å². The lowest BCUT2D eigenvalue weighted by Crippen LogP contribution is -2.32. The molecule has 0 saturated carbocycles. The van der Waals surface area contributed by atoms with Gasteiger partial charge in [-0.3, -0.25) is 4.98 Å². The summed E-state index contributed by atoms with van der Waals surface area (Å²) in [4.78, 5) is 6.78. The molecule has 4 rings (SSSR count). The minimum atomic E-state index is -0.0666. The molecule has 1 saturated heterocycles. The van der Waals surface area contributed by atoms with Crippen molar-refractivity contribution in [2.45, 2.75) is 32.9 Å². The molecule has 0 unspecified atom stereocenters. The number of furan rings is 1. The van der Waals surface area contributed by atoms with Crippen molar-refractivity contribution in [3.8, 4) is 11.3 Å². The zero-order chi connectivity index (χ0) is 20.5. The van der Waals surface area contributed by atoms with Crippen LogP contribution < -0.4 is 5.32 Å². The van der Waals surface area contributed by atoms with Gasteiger partial charge in [-0.05, 0) is 61.0 Å². The van der Waals surface area contributed by atoms with E-state index in [0.717, 1.165) is 45.0 Å². The maximum Gasteiger partial charge on any atom is 0.170 e. The first-order valence-corrected chi connectivity index (χ1v) is 10.6. The third-order valence-electron chi connectivity index (χ3n) is 5.13. The summed E-state index contributed by atoms with van der Waals surface area (Å²) in [5, 5.41) is 4.92. The van der Waals surface area contributed by atoms with Crippen LogP contribution in [-0.4, -0.2) is 21.5 Å². The van der Waals surface area contributed by atoms with E-state index in [1.165, 1.54) is 0 Å². The molecule has 150 valence electrons. The summed E-state index contributed by atoms with van der Waals surface area (Å²) >= 11 is 12.0. The first-order chi connectivity index (χ1) is 13.9. The highest BCUT2D eigenvalue weighted by Gasteiger charge is 2.41. The summed E-state index contributed by atoms with van der Waals surface area (Å²) in [6.07, 6.45) is 1.81. The predicted molar refractivity (Wildman–Crippen MR) is 121 cm³/mol. The first-order valence-electron chi connectivity index (χ1n) is 9.78. The van der Waals surface area contributed by atoms with Crippen molar-refractivity contribution in [1.82, 2.24) is 15.2 Å². The summed E-state index contributed by atoms with van der Waals surface area (Å²) in [5.41, 5.74) is 2.96. The van der Waals surface area contributed by atoms with Crippen LogP contribution in [0.25, 0.3) is 11.3 Å². The monoisotopic (exact) mass is 425 g/mol. The lowest BCUT2D eigenvalue weighted by molar-refractivity contribution is 0.253. The molecule has 3 heterocycles. The fourth-order valence-corrected chi connectivity index (χ4v) is 4.21. The molecule has 2 atom stereocenters. The molecule has 1 aliphatic heterocycles. The Kier molecular flexibility index (Phi) is 5.61. The van der Waals surface area contributed by atoms with Gasteiger partial charge in [0.2, 0.25) is 0 Å². The van der Waals surface area contributed by atoms with E-state index < -0.39 is 0 Å². The van der Waals surface area contributed by atoms with E-state index in [-0.39, 0.29) is 12.1 Å². The Hall–Kier alpha value is -2.37. The maximum absolute atomic E-state index is 6.33. The molecule has 2 aromatic heterocycles. The number of aromatic nitrogens is 1. The molecule has 0 radical (unpaired) electrons. The van der Waals surface area contributed by atoms with Crippen molar-refractivity contribution in [2.24, 2.45) is 5.92 Å². The molecule has 3 aromatic rings. The van der Waals surface area contributed by atoms with Gasteiger partial charge in [-0.2, -0.15) is 0 Å². The average Bonchev–Trinajstić information content (AvgIpc) is 3.30. The Morgan fingerprint density at radius 3 is 2.72 bits per heavy atom. The van der Waals surface area contributed by atoms with Gasteiger partial charge < -0.3 is 14.6 Å². The van der Waals surface area contributed by atoms with E-state index in [9.17, 15) is 0 Å². The summed E-state index contributed by atoms with van der Waals surface area (Å²) in [6.45, 7) is 7.21. The molecule has 1 N–H and O–H groups in total. The van der Waals surface area contributed by atoms with E-state index in [0.29, 0.717) is 5.92 Å². The van der Waals surface area contributed by atoms with Gasteiger partial charge in [0.15, 0.2) is 5.11 Å². The van der Waals surface area contributed by atoms with Crippen LogP contribution in [0.2, 0.25) is 5.02 Å². The molecule has 0 aliphatic carbocycles. The Labute approximate surface area is 181 Å². The molecule has 6 heteroatoms. The zero-order valence-corrected chi connectivity index (χ0v) is 18.3. The van der Waals surface area contributed by atoms with Gasteiger partial charge in [0.25, 0.3) is 0 Å². The highest BCUT2D eigenvalue weighted by molar-refractivity contribution is 7.80. The zero-order valence-electron chi connectivity index (χ0n) is 16.7. The van der Waals surface area contributed by atoms with Crippen LogP contribution in [-0.2, 0) is 0 Å². The minimum absolute atomic E-state index is 0.0607. The predicted octanol–water partition coefficient (Wildman–Crippen LogP) is 5.93. The smallest absolute Gasteiger partial charge is 0.170 e. The van der Waals surface area contributed by atoms with E-state index in [1.54, 1.807) is 0 Å². The standard InChI is InChI=1S/C23H24ClN3OS/c1-14(2)13-27-22(21(26-23(27)29)18-6-4-5-11-25-18)20-10-9-19(28-20)16-8-7-15(3)17(24)12-16/h4-12,14,21-22H,13H2,1-3H3,(H,26,29)/t21-,22+/m1/s1. The summed E-state index contributed by atoms with van der Waals surface area (Å²) in [6, 6.07) is 15.8. The molecule has 0 spiro atoms. The van der Waals surface area contributed by atoms with Crippen LogP contribution in [0, 0.1) is 12.8 Å². The summed E-state index contributed by atoms with van der Waals surface area (Å²) in [5.74, 6) is 2.12. The average molecular weight is 426 g/mol. The lowest BCUT2D eigenvalue weighted by atomic mass is 10.0. The lowest BCUT2D eigenvalue weighted by Gasteiger charge is -2.27. The largest absolute Gasteiger partial charge is 0.459 e. The Morgan fingerprint density at radius 2 is 2.03 bits per heavy atom. The third-order valence-corrected chi connectivity index (χ3v) is 5.89. The van der Waals surface area contributed by atoms with E-state index in [1.807, 2.05) is 61.7 Å². The van der Waals surface area contributed by atoms with Gasteiger partial charge in [0, 0.05) is 23.3 Å². The van der Waals surface area contributed by atoms with Gasteiger partial charge in [-0.25, -0.2) is 0 Å². The van der Waals surface area contributed by atoms with Gasteiger partial charge in [0.05, 0.1) is 11.7 Å². The van der Waals surface area contributed by atoms with Crippen LogP contribution in [0.3, 0.4) is 0 Å². The van der Waals surface area contributed by atoms with Crippen LogP contribution in [0.1, 0.15) is 42.9 Å². The van der Waals surface area contributed by atoms with Gasteiger partial charge in [0.1, 0.15) is 17.6 Å². The third kappa shape index (κ3) is 4.02. The Morgan fingerprint density at radius 1 is 1.21 bits per heavy atom. The minimum Gasteiger partial charge on any atom is -0.459 e. The van der Waals surface area contributed by atoms with Crippen molar-refractivity contribution >= 4 is 28.9 Å². The second kappa shape index (κ2) is 8.17. The van der Waals surface area contributed by atoms with Crippen LogP contribution in [0.4, 0.5) is 0 Å². The van der Waals surface area contributed by atoms with Gasteiger partial charge in [-0.15, -0.1) is 0 Å². The number of benzene rings is 1. The van der Waals surface area contributed by atoms with E-state index in [2.05, 4.69) is 29.0 Å². The van der Waals surface area contributed by atoms with Crippen molar-refractivity contribution in [3.05, 3.63) is 76.8 Å². The highest BCUT2D eigenvalue weighted by atomic mass is 35.5. The van der Waals surface area contributed by atoms with Crippen molar-refractivity contribution in [1.29, 1.82) is 0 Å². The van der Waals surface area contributed by atoms with E-state index in [4.69, 9.17) is 28.2 Å². The number of aryl methyl sites for hydroxylation is 1. The molecule has 1 aromatic carbocycles. The normalized spacial score (nSPS) is 19.1. The number of pyridine rings is 1. The van der Waals surface area contributed by atoms with Crippen LogP contribution in [0.5, 0.6) is 0 Å². The van der Waals surface area contributed by atoms with Gasteiger partial charge in [-0.1, -0.05) is 43.6 Å². The molecule has 0 amide bonds. The summed E-state index contributed by atoms with van der Waals surface area (Å²) < 4.78 is 6.33. The topological polar surface area (TPSA) is 41.3 Å². The van der Waals surface area contributed by atoms with Crippen molar-refractivity contribution in [3.63, 3.8) is 0 Å². The number of hydrogen-bond acceptors (Lipinski definition) is 3. The maximum atomic E-state index is 6.33.